The van der Waals surface area contributed by atoms with Crippen LogP contribution < -0.4 is 5.32 Å². The van der Waals surface area contributed by atoms with Crippen molar-refractivity contribution in [2.24, 2.45) is 11.8 Å². The Hall–Kier alpha value is -2.14. The van der Waals surface area contributed by atoms with Crippen LogP contribution in [0.3, 0.4) is 0 Å². The Morgan fingerprint density at radius 2 is 2.08 bits per heavy atom. The summed E-state index contributed by atoms with van der Waals surface area (Å²) < 4.78 is 5.05. The van der Waals surface area contributed by atoms with Gasteiger partial charge in [-0.2, -0.15) is 0 Å². The molecule has 25 heavy (non-hydrogen) atoms. The largest absolute Gasteiger partial charge is 0.361 e. The van der Waals surface area contributed by atoms with E-state index in [0.717, 1.165) is 19.0 Å². The second kappa shape index (κ2) is 5.70. The maximum Gasteiger partial charge on any atom is 0.273 e. The number of carbonyl (C=O) groups excluding carboxylic acids is 1. The Kier molecular flexibility index (Phi) is 3.45. The molecule has 1 aromatic carbocycles. The monoisotopic (exact) mass is 337 g/mol. The van der Waals surface area contributed by atoms with Gasteiger partial charge >= 0.3 is 0 Å². The summed E-state index contributed by atoms with van der Waals surface area (Å²) in [5, 5.41) is 7.10. The molecule has 2 aliphatic carbocycles. The van der Waals surface area contributed by atoms with Gasteiger partial charge in [-0.1, -0.05) is 29.4 Å². The standard InChI is InChI=1S/C20H23N3O2/c1-12-8-18(22-25-12)20(24)21-19-15-5-3-2-4-14(15)16-10-23(11-17(16)19)9-13-6-7-13/h2-5,8,13,16-17,19H,6-7,9-11H2,1H3,(H,21,24)/t16-,17-,19+/m0/s1. The van der Waals surface area contributed by atoms with Crippen molar-refractivity contribution in [1.82, 2.24) is 15.4 Å². The summed E-state index contributed by atoms with van der Waals surface area (Å²) in [5.41, 5.74) is 3.05. The molecule has 1 saturated heterocycles. The Labute approximate surface area is 147 Å². The van der Waals surface area contributed by atoms with Crippen LogP contribution in [0.25, 0.3) is 0 Å². The molecule has 0 bridgehead atoms. The lowest BCUT2D eigenvalue weighted by Crippen LogP contribution is -2.34. The summed E-state index contributed by atoms with van der Waals surface area (Å²) in [7, 11) is 0. The molecule has 1 aliphatic heterocycles. The smallest absolute Gasteiger partial charge is 0.273 e. The van der Waals surface area contributed by atoms with E-state index in [9.17, 15) is 4.79 Å². The lowest BCUT2D eigenvalue weighted by atomic mass is 9.94. The van der Waals surface area contributed by atoms with Crippen molar-refractivity contribution in [2.75, 3.05) is 19.6 Å². The zero-order valence-electron chi connectivity index (χ0n) is 14.4. The third-order valence-corrected chi connectivity index (χ3v) is 5.96. The van der Waals surface area contributed by atoms with Crippen LogP contribution >= 0.6 is 0 Å². The lowest BCUT2D eigenvalue weighted by molar-refractivity contribution is 0.0914. The van der Waals surface area contributed by atoms with Crippen LogP contribution in [0.15, 0.2) is 34.9 Å². The number of hydrogen-bond donors (Lipinski definition) is 1. The molecule has 130 valence electrons. The van der Waals surface area contributed by atoms with Crippen molar-refractivity contribution >= 4 is 5.91 Å². The van der Waals surface area contributed by atoms with Gasteiger partial charge in [-0.25, -0.2) is 0 Å². The first-order valence-electron chi connectivity index (χ1n) is 9.24. The van der Waals surface area contributed by atoms with E-state index in [1.54, 1.807) is 13.0 Å². The zero-order chi connectivity index (χ0) is 17.0. The summed E-state index contributed by atoms with van der Waals surface area (Å²) in [6.07, 6.45) is 2.77. The molecule has 2 fully saturated rings. The SMILES string of the molecule is Cc1cc(C(=O)N[C@@H]2c3ccccc3[C@@H]3CN(CC4CC4)C[C@H]23)no1. The van der Waals surface area contributed by atoms with E-state index < -0.39 is 0 Å². The second-order valence-corrected chi connectivity index (χ2v) is 7.84. The highest BCUT2D eigenvalue weighted by atomic mass is 16.5. The van der Waals surface area contributed by atoms with Crippen LogP contribution in [0.4, 0.5) is 0 Å². The maximum absolute atomic E-state index is 12.6. The van der Waals surface area contributed by atoms with Crippen molar-refractivity contribution in [3.63, 3.8) is 0 Å². The molecular weight excluding hydrogens is 314 g/mol. The Bertz CT molecular complexity index is 811. The van der Waals surface area contributed by atoms with Gasteiger partial charge in [0, 0.05) is 37.5 Å². The first kappa shape index (κ1) is 15.1. The van der Waals surface area contributed by atoms with Crippen molar-refractivity contribution in [3.8, 4) is 0 Å². The highest BCUT2D eigenvalue weighted by molar-refractivity contribution is 5.92. The minimum Gasteiger partial charge on any atom is -0.361 e. The molecule has 3 aliphatic rings. The minimum absolute atomic E-state index is 0.0647. The van der Waals surface area contributed by atoms with E-state index in [4.69, 9.17) is 4.52 Å². The minimum atomic E-state index is -0.141. The summed E-state index contributed by atoms with van der Waals surface area (Å²) in [5.74, 6) is 2.40. The van der Waals surface area contributed by atoms with E-state index >= 15 is 0 Å². The topological polar surface area (TPSA) is 58.4 Å². The quantitative estimate of drug-likeness (QED) is 0.932. The molecule has 5 heteroatoms. The molecule has 5 nitrogen and oxygen atoms in total. The number of aryl methyl sites for hydroxylation is 1. The Morgan fingerprint density at radius 1 is 1.28 bits per heavy atom. The molecule has 0 radical (unpaired) electrons. The summed E-state index contributed by atoms with van der Waals surface area (Å²) in [6, 6.07) is 10.3. The molecule has 3 atom stereocenters. The van der Waals surface area contributed by atoms with E-state index in [1.165, 1.54) is 30.5 Å². The number of benzene rings is 1. The van der Waals surface area contributed by atoms with Crippen LogP contribution in [0.1, 0.15) is 52.2 Å². The van der Waals surface area contributed by atoms with Gasteiger partial charge in [0.2, 0.25) is 0 Å². The number of likely N-dealkylation sites (tertiary alicyclic amines) is 1. The molecule has 0 unspecified atom stereocenters. The van der Waals surface area contributed by atoms with E-state index in [-0.39, 0.29) is 11.9 Å². The molecule has 0 spiro atoms. The molecule has 1 saturated carbocycles. The van der Waals surface area contributed by atoms with Gasteiger partial charge in [-0.15, -0.1) is 0 Å². The zero-order valence-corrected chi connectivity index (χ0v) is 14.4. The summed E-state index contributed by atoms with van der Waals surface area (Å²) in [6.45, 7) is 5.21. The number of carbonyl (C=O) groups is 1. The van der Waals surface area contributed by atoms with E-state index in [0.29, 0.717) is 23.3 Å². The normalized spacial score (nSPS) is 28.0. The van der Waals surface area contributed by atoms with Crippen molar-refractivity contribution < 1.29 is 9.32 Å². The predicted molar refractivity (Wildman–Crippen MR) is 93.3 cm³/mol. The van der Waals surface area contributed by atoms with Gasteiger partial charge in [-0.05, 0) is 36.8 Å². The molecule has 1 amide bonds. The highest BCUT2D eigenvalue weighted by Crippen LogP contribution is 2.49. The number of nitrogens with zero attached hydrogens (tertiary/aromatic N) is 2. The molecule has 2 aromatic rings. The van der Waals surface area contributed by atoms with E-state index in [1.807, 2.05) is 0 Å². The number of amides is 1. The average Bonchev–Trinajstić information content (AvgIpc) is 3.04. The van der Waals surface area contributed by atoms with Gasteiger partial charge in [0.25, 0.3) is 5.91 Å². The lowest BCUT2D eigenvalue weighted by Gasteiger charge is -2.22. The number of aromatic nitrogens is 1. The molecular formula is C20H23N3O2. The van der Waals surface area contributed by atoms with Crippen LogP contribution in [0.5, 0.6) is 0 Å². The van der Waals surface area contributed by atoms with Crippen molar-refractivity contribution in [1.29, 1.82) is 0 Å². The van der Waals surface area contributed by atoms with Gasteiger partial charge in [-0.3, -0.25) is 4.79 Å². The number of nitrogens with one attached hydrogen (secondary N) is 1. The van der Waals surface area contributed by atoms with Crippen LogP contribution in [-0.2, 0) is 0 Å². The van der Waals surface area contributed by atoms with Crippen LogP contribution in [0.2, 0.25) is 0 Å². The average molecular weight is 337 g/mol. The van der Waals surface area contributed by atoms with Crippen LogP contribution in [-0.4, -0.2) is 35.6 Å². The third kappa shape index (κ3) is 2.67. The van der Waals surface area contributed by atoms with Crippen LogP contribution in [0, 0.1) is 18.8 Å². The first-order valence-corrected chi connectivity index (χ1v) is 9.24. The fraction of sp³-hybridized carbons (Fsp3) is 0.500. The predicted octanol–water partition coefficient (Wildman–Crippen LogP) is 2.89. The number of rotatable bonds is 4. The highest BCUT2D eigenvalue weighted by Gasteiger charge is 2.47. The third-order valence-electron chi connectivity index (χ3n) is 5.96. The molecule has 1 aromatic heterocycles. The fourth-order valence-corrected chi connectivity index (χ4v) is 4.63. The Morgan fingerprint density at radius 3 is 2.80 bits per heavy atom. The van der Waals surface area contributed by atoms with Gasteiger partial charge in [0.05, 0.1) is 6.04 Å². The summed E-state index contributed by atoms with van der Waals surface area (Å²) >= 11 is 0. The second-order valence-electron chi connectivity index (χ2n) is 7.84. The fourth-order valence-electron chi connectivity index (χ4n) is 4.63. The van der Waals surface area contributed by atoms with Gasteiger partial charge in [0.15, 0.2) is 5.69 Å². The molecule has 5 rings (SSSR count). The van der Waals surface area contributed by atoms with E-state index in [2.05, 4.69) is 39.6 Å². The van der Waals surface area contributed by atoms with Crippen molar-refractivity contribution in [2.45, 2.75) is 31.7 Å². The Balaban J connectivity index is 1.40. The van der Waals surface area contributed by atoms with Crippen molar-refractivity contribution in [3.05, 3.63) is 52.9 Å². The number of fused-ring (bicyclic) bond motifs is 3. The molecule has 2 heterocycles. The maximum atomic E-state index is 12.6. The van der Waals surface area contributed by atoms with Gasteiger partial charge in [0.1, 0.15) is 5.76 Å². The van der Waals surface area contributed by atoms with Gasteiger partial charge < -0.3 is 14.7 Å². The summed E-state index contributed by atoms with van der Waals surface area (Å²) in [4.78, 5) is 15.2. The first-order chi connectivity index (χ1) is 12.2. The number of hydrogen-bond acceptors (Lipinski definition) is 4. The molecule has 1 N–H and O–H groups in total.